The molecule has 0 atom stereocenters. The number of hydrogen-bond acceptors (Lipinski definition) is 4. The molecule has 0 radical (unpaired) electrons. The van der Waals surface area contributed by atoms with E-state index in [1.165, 1.54) is 6.07 Å². The number of piperidine rings is 1. The summed E-state index contributed by atoms with van der Waals surface area (Å²) < 4.78 is 44.3. The van der Waals surface area contributed by atoms with Crippen molar-refractivity contribution in [2.75, 3.05) is 19.6 Å². The molecule has 0 spiro atoms. The molecule has 0 saturated carbocycles. The van der Waals surface area contributed by atoms with Gasteiger partial charge < -0.3 is 4.74 Å². The van der Waals surface area contributed by atoms with E-state index in [1.807, 2.05) is 0 Å². The highest BCUT2D eigenvalue weighted by molar-refractivity contribution is 5.41. The number of benzene rings is 1. The van der Waals surface area contributed by atoms with Gasteiger partial charge in [-0.25, -0.2) is 5.01 Å². The topological polar surface area (TPSA) is 48.3 Å². The van der Waals surface area contributed by atoms with Gasteiger partial charge in [-0.1, -0.05) is 13.3 Å². The van der Waals surface area contributed by atoms with Crippen LogP contribution >= 0.6 is 0 Å². The molecule has 132 valence electrons. The maximum absolute atomic E-state index is 12.9. The predicted molar refractivity (Wildman–Crippen MR) is 84.3 cm³/mol. The van der Waals surface area contributed by atoms with Gasteiger partial charge in [0.25, 0.3) is 0 Å². The Hall–Kier alpha value is -1.78. The normalized spacial score (nSPS) is 16.8. The Morgan fingerprint density at radius 1 is 1.29 bits per heavy atom. The van der Waals surface area contributed by atoms with Crippen molar-refractivity contribution in [2.45, 2.75) is 44.9 Å². The predicted octanol–water partition coefficient (Wildman–Crippen LogP) is 3.72. The molecule has 7 heteroatoms. The van der Waals surface area contributed by atoms with Crippen molar-refractivity contribution in [1.82, 2.24) is 10.4 Å². The smallest absolute Gasteiger partial charge is 0.416 e. The van der Waals surface area contributed by atoms with Crippen molar-refractivity contribution in [3.05, 3.63) is 29.3 Å². The summed E-state index contributed by atoms with van der Waals surface area (Å²) in [7, 11) is 0. The maximum atomic E-state index is 12.9. The molecule has 1 fully saturated rings. The lowest BCUT2D eigenvalue weighted by molar-refractivity contribution is -0.137. The van der Waals surface area contributed by atoms with Crippen LogP contribution in [0.2, 0.25) is 0 Å². The Morgan fingerprint density at radius 2 is 2.00 bits per heavy atom. The second-order valence-electron chi connectivity index (χ2n) is 5.92. The molecule has 1 N–H and O–H groups in total. The Morgan fingerprint density at radius 3 is 2.58 bits per heavy atom. The summed E-state index contributed by atoms with van der Waals surface area (Å²) in [6, 6.07) is 4.92. The van der Waals surface area contributed by atoms with E-state index >= 15 is 0 Å². The first-order valence-corrected chi connectivity index (χ1v) is 8.20. The largest absolute Gasteiger partial charge is 0.490 e. The first kappa shape index (κ1) is 18.6. The van der Waals surface area contributed by atoms with Crippen LogP contribution < -0.4 is 10.2 Å². The summed E-state index contributed by atoms with van der Waals surface area (Å²) in [6.07, 6.45) is -0.920. The van der Waals surface area contributed by atoms with Gasteiger partial charge in [-0.2, -0.15) is 18.4 Å². The standard InChI is InChI=1S/C17H22F3N3O/c1-2-3-6-22-23-7-4-15(5-8-23)24-16-10-13(12-21)9-14(11-16)17(18,19)20/h9-11,15,22H,2-8H2,1H3. The van der Waals surface area contributed by atoms with E-state index in [9.17, 15) is 13.2 Å². The van der Waals surface area contributed by atoms with Crippen LogP contribution in [0.25, 0.3) is 0 Å². The minimum Gasteiger partial charge on any atom is -0.490 e. The summed E-state index contributed by atoms with van der Waals surface area (Å²) >= 11 is 0. The number of hydrogen-bond donors (Lipinski definition) is 1. The highest BCUT2D eigenvalue weighted by Gasteiger charge is 2.32. The molecule has 0 aliphatic carbocycles. The number of halogens is 3. The molecule has 1 aromatic rings. The minimum absolute atomic E-state index is 0.0431. The molecule has 0 aromatic heterocycles. The van der Waals surface area contributed by atoms with E-state index in [2.05, 4.69) is 17.4 Å². The van der Waals surface area contributed by atoms with Crippen molar-refractivity contribution in [3.63, 3.8) is 0 Å². The Bertz CT molecular complexity index is 575. The summed E-state index contributed by atoms with van der Waals surface area (Å²) in [5.74, 6) is 0.110. The highest BCUT2D eigenvalue weighted by Crippen LogP contribution is 2.33. The lowest BCUT2D eigenvalue weighted by atomic mass is 10.1. The first-order valence-electron chi connectivity index (χ1n) is 8.20. The average molecular weight is 341 g/mol. The Labute approximate surface area is 140 Å². The van der Waals surface area contributed by atoms with Gasteiger partial charge in [0.15, 0.2) is 0 Å². The third kappa shape index (κ3) is 5.39. The maximum Gasteiger partial charge on any atom is 0.416 e. The quantitative estimate of drug-likeness (QED) is 0.801. The highest BCUT2D eigenvalue weighted by atomic mass is 19.4. The van der Waals surface area contributed by atoms with Crippen LogP contribution in [0.15, 0.2) is 18.2 Å². The van der Waals surface area contributed by atoms with Gasteiger partial charge in [-0.05, 0) is 37.5 Å². The molecule has 4 nitrogen and oxygen atoms in total. The van der Waals surface area contributed by atoms with E-state index in [4.69, 9.17) is 10.00 Å². The number of alkyl halides is 3. The van der Waals surface area contributed by atoms with Gasteiger partial charge in [-0.3, -0.25) is 5.43 Å². The molecule has 1 saturated heterocycles. The van der Waals surface area contributed by atoms with Gasteiger partial charge in [-0.15, -0.1) is 0 Å². The first-order chi connectivity index (χ1) is 11.4. The number of nitrogens with one attached hydrogen (secondary N) is 1. The molecular formula is C17H22F3N3O. The van der Waals surface area contributed by atoms with Crippen molar-refractivity contribution in [3.8, 4) is 11.8 Å². The van der Waals surface area contributed by atoms with E-state index < -0.39 is 11.7 Å². The minimum atomic E-state index is -4.49. The fourth-order valence-corrected chi connectivity index (χ4v) is 2.63. The Kier molecular flexibility index (Phi) is 6.46. The van der Waals surface area contributed by atoms with Crippen LogP contribution in [-0.4, -0.2) is 30.7 Å². The molecule has 1 aromatic carbocycles. The van der Waals surface area contributed by atoms with Crippen LogP contribution in [0.3, 0.4) is 0 Å². The summed E-state index contributed by atoms with van der Waals surface area (Å²) in [5.41, 5.74) is 2.45. The summed E-state index contributed by atoms with van der Waals surface area (Å²) in [5, 5.41) is 11.0. The molecule has 2 rings (SSSR count). The molecule has 0 amide bonds. The number of hydrazine groups is 1. The third-order valence-electron chi connectivity index (χ3n) is 3.97. The number of unbranched alkanes of at least 4 members (excludes halogenated alkanes) is 1. The Balaban J connectivity index is 1.94. The molecular weight excluding hydrogens is 319 g/mol. The van der Waals surface area contributed by atoms with Crippen LogP contribution in [0.4, 0.5) is 13.2 Å². The monoisotopic (exact) mass is 341 g/mol. The van der Waals surface area contributed by atoms with Gasteiger partial charge in [0.05, 0.1) is 17.2 Å². The number of nitrogens with zero attached hydrogens (tertiary/aromatic N) is 2. The number of ether oxygens (including phenoxy) is 1. The van der Waals surface area contributed by atoms with Crippen molar-refractivity contribution in [2.24, 2.45) is 0 Å². The van der Waals surface area contributed by atoms with Crippen molar-refractivity contribution >= 4 is 0 Å². The van der Waals surface area contributed by atoms with Crippen molar-refractivity contribution in [1.29, 1.82) is 5.26 Å². The molecule has 0 unspecified atom stereocenters. The van der Waals surface area contributed by atoms with Crippen molar-refractivity contribution < 1.29 is 17.9 Å². The van der Waals surface area contributed by atoms with Crippen LogP contribution in [0, 0.1) is 11.3 Å². The van der Waals surface area contributed by atoms with E-state index in [0.29, 0.717) is 0 Å². The van der Waals surface area contributed by atoms with E-state index in [0.717, 1.165) is 57.5 Å². The average Bonchev–Trinajstić information content (AvgIpc) is 2.55. The summed E-state index contributed by atoms with van der Waals surface area (Å²) in [6.45, 7) is 4.64. The summed E-state index contributed by atoms with van der Waals surface area (Å²) in [4.78, 5) is 0. The van der Waals surface area contributed by atoms with E-state index in [1.54, 1.807) is 6.07 Å². The molecule has 24 heavy (non-hydrogen) atoms. The van der Waals surface area contributed by atoms with Gasteiger partial charge >= 0.3 is 6.18 Å². The van der Waals surface area contributed by atoms with E-state index in [-0.39, 0.29) is 17.4 Å². The zero-order valence-corrected chi connectivity index (χ0v) is 13.7. The second-order valence-corrected chi connectivity index (χ2v) is 5.92. The molecule has 1 aliphatic heterocycles. The lowest BCUT2D eigenvalue weighted by Crippen LogP contribution is -2.46. The zero-order chi connectivity index (χ0) is 17.6. The SMILES string of the molecule is CCCCNN1CCC(Oc2cc(C#N)cc(C(F)(F)F)c2)CC1. The molecule has 1 aliphatic rings. The molecule has 1 heterocycles. The van der Waals surface area contributed by atoms with Crippen LogP contribution in [-0.2, 0) is 6.18 Å². The van der Waals surface area contributed by atoms with Gasteiger partial charge in [0.2, 0.25) is 0 Å². The second kappa shape index (κ2) is 8.36. The van der Waals surface area contributed by atoms with Gasteiger partial charge in [0, 0.05) is 19.6 Å². The number of nitriles is 1. The lowest BCUT2D eigenvalue weighted by Gasteiger charge is -2.32. The van der Waals surface area contributed by atoms with Crippen LogP contribution in [0.1, 0.15) is 43.7 Å². The number of rotatable bonds is 6. The fourth-order valence-electron chi connectivity index (χ4n) is 2.63. The molecule has 0 bridgehead atoms. The van der Waals surface area contributed by atoms with Gasteiger partial charge in [0.1, 0.15) is 11.9 Å². The fraction of sp³-hybridized carbons (Fsp3) is 0.588. The van der Waals surface area contributed by atoms with Crippen LogP contribution in [0.5, 0.6) is 5.75 Å². The zero-order valence-electron chi connectivity index (χ0n) is 13.7. The third-order valence-corrected chi connectivity index (χ3v) is 3.97.